The number of carbonyl (C=O) groups excluding carboxylic acids is 2. The number of hydrogen-bond donors (Lipinski definition) is 0. The molecule has 0 rings (SSSR count). The Kier molecular flexibility index (Phi) is 8.28. The number of hydrogen-bond acceptors (Lipinski definition) is 4. The summed E-state index contributed by atoms with van der Waals surface area (Å²) >= 11 is 0. The molecule has 0 saturated heterocycles. The first kappa shape index (κ1) is 21.7. The van der Waals surface area contributed by atoms with Crippen LogP contribution >= 0.6 is 0 Å². The molecule has 0 spiro atoms. The summed E-state index contributed by atoms with van der Waals surface area (Å²) in [5.74, 6) is -3.13. The van der Waals surface area contributed by atoms with E-state index in [1.165, 1.54) is 0 Å². The molecule has 0 fully saturated rings. The van der Waals surface area contributed by atoms with E-state index < -0.39 is 49.3 Å². The molecule has 4 nitrogen and oxygen atoms in total. The van der Waals surface area contributed by atoms with Crippen molar-refractivity contribution in [1.82, 2.24) is 0 Å². The van der Waals surface area contributed by atoms with Crippen molar-refractivity contribution in [2.24, 2.45) is 0 Å². The van der Waals surface area contributed by atoms with Crippen LogP contribution in [0.4, 0.5) is 26.3 Å². The summed E-state index contributed by atoms with van der Waals surface area (Å²) in [5, 5.41) is 0. The van der Waals surface area contributed by atoms with Crippen molar-refractivity contribution >= 4 is 11.9 Å². The Balaban J connectivity index is 4.75. The topological polar surface area (TPSA) is 52.6 Å². The van der Waals surface area contributed by atoms with Gasteiger partial charge in [0, 0.05) is 25.0 Å². The molecule has 0 heterocycles. The van der Waals surface area contributed by atoms with E-state index in [9.17, 15) is 35.9 Å². The van der Waals surface area contributed by atoms with Crippen LogP contribution in [-0.4, -0.2) is 36.5 Å². The standard InChI is InChI=1S/C14H14F6O4/c1-3-5-9(13(15,16)17)23-11(21)7-8-12(22)24-10(6-4-2)14(18,19)20/h3-4,7-10H,1-2,5-6H2/b8-7+. The van der Waals surface area contributed by atoms with E-state index >= 15 is 0 Å². The summed E-state index contributed by atoms with van der Waals surface area (Å²) in [6.07, 6.45) is -13.9. The molecule has 0 aliphatic carbocycles. The Labute approximate surface area is 133 Å². The van der Waals surface area contributed by atoms with Crippen LogP contribution in [0.25, 0.3) is 0 Å². The molecule has 24 heavy (non-hydrogen) atoms. The molecular formula is C14H14F6O4. The minimum atomic E-state index is -4.86. The van der Waals surface area contributed by atoms with E-state index in [0.29, 0.717) is 0 Å². The molecule has 0 N–H and O–H groups in total. The molecule has 0 aromatic carbocycles. The Morgan fingerprint density at radius 3 is 1.29 bits per heavy atom. The van der Waals surface area contributed by atoms with E-state index in [2.05, 4.69) is 22.6 Å². The highest BCUT2D eigenvalue weighted by molar-refractivity contribution is 5.91. The van der Waals surface area contributed by atoms with Crippen molar-refractivity contribution in [3.63, 3.8) is 0 Å². The third-order valence-electron chi connectivity index (χ3n) is 2.36. The lowest BCUT2D eigenvalue weighted by molar-refractivity contribution is -0.218. The fourth-order valence-electron chi connectivity index (χ4n) is 1.29. The maximum atomic E-state index is 12.5. The van der Waals surface area contributed by atoms with Crippen molar-refractivity contribution in [2.75, 3.05) is 0 Å². The quantitative estimate of drug-likeness (QED) is 0.287. The normalized spacial score (nSPS) is 14.8. The Bertz CT molecular complexity index is 448. The zero-order valence-electron chi connectivity index (χ0n) is 12.2. The fraction of sp³-hybridized carbons (Fsp3) is 0.429. The predicted molar refractivity (Wildman–Crippen MR) is 70.6 cm³/mol. The average molecular weight is 360 g/mol. The molecule has 0 aromatic rings. The van der Waals surface area contributed by atoms with Gasteiger partial charge in [-0.05, 0) is 0 Å². The second-order valence-electron chi connectivity index (χ2n) is 4.32. The predicted octanol–water partition coefficient (Wildman–Crippen LogP) is 3.64. The van der Waals surface area contributed by atoms with Crippen molar-refractivity contribution in [3.8, 4) is 0 Å². The summed E-state index contributed by atoms with van der Waals surface area (Å²) in [7, 11) is 0. The van der Waals surface area contributed by atoms with Crippen molar-refractivity contribution < 1.29 is 45.4 Å². The van der Waals surface area contributed by atoms with Gasteiger partial charge in [0.2, 0.25) is 12.2 Å². The van der Waals surface area contributed by atoms with Crippen LogP contribution in [0.15, 0.2) is 37.5 Å². The van der Waals surface area contributed by atoms with E-state index in [0.717, 1.165) is 12.2 Å². The summed E-state index contributed by atoms with van der Waals surface area (Å²) in [5.41, 5.74) is 0. The van der Waals surface area contributed by atoms with Gasteiger partial charge in [0.05, 0.1) is 0 Å². The van der Waals surface area contributed by atoms with Crippen LogP contribution in [0.2, 0.25) is 0 Å². The zero-order valence-corrected chi connectivity index (χ0v) is 12.2. The van der Waals surface area contributed by atoms with E-state index in [-0.39, 0.29) is 12.2 Å². The van der Waals surface area contributed by atoms with Gasteiger partial charge in [-0.15, -0.1) is 13.2 Å². The molecule has 0 radical (unpaired) electrons. The van der Waals surface area contributed by atoms with Crippen molar-refractivity contribution in [2.45, 2.75) is 37.4 Å². The van der Waals surface area contributed by atoms with Crippen LogP contribution in [-0.2, 0) is 19.1 Å². The maximum absolute atomic E-state index is 12.5. The monoisotopic (exact) mass is 360 g/mol. The van der Waals surface area contributed by atoms with Crippen LogP contribution in [0.3, 0.4) is 0 Å². The zero-order chi connectivity index (χ0) is 19.0. The molecule has 2 unspecified atom stereocenters. The molecule has 0 aliphatic rings. The Hall–Kier alpha value is -2.26. The first-order valence-corrected chi connectivity index (χ1v) is 6.36. The molecule has 0 amide bonds. The number of alkyl halides is 6. The maximum Gasteiger partial charge on any atom is 0.425 e. The molecule has 0 aromatic heterocycles. The largest absolute Gasteiger partial charge is 0.449 e. The van der Waals surface area contributed by atoms with Crippen molar-refractivity contribution in [1.29, 1.82) is 0 Å². The van der Waals surface area contributed by atoms with Gasteiger partial charge in [0.1, 0.15) is 0 Å². The third kappa shape index (κ3) is 8.39. The second-order valence-corrected chi connectivity index (χ2v) is 4.32. The number of halogens is 6. The van der Waals surface area contributed by atoms with E-state index in [1.807, 2.05) is 0 Å². The SMILES string of the molecule is C=CCC(OC(=O)/C=C/C(=O)OC(CC=C)C(F)(F)F)C(F)(F)F. The highest BCUT2D eigenvalue weighted by atomic mass is 19.4. The molecule has 0 aliphatic heterocycles. The average Bonchev–Trinajstić information content (AvgIpc) is 2.42. The van der Waals surface area contributed by atoms with Gasteiger partial charge in [0.15, 0.2) is 0 Å². The number of ether oxygens (including phenoxy) is 2. The highest BCUT2D eigenvalue weighted by Crippen LogP contribution is 2.26. The Morgan fingerprint density at radius 1 is 0.792 bits per heavy atom. The first-order valence-electron chi connectivity index (χ1n) is 6.36. The van der Waals surface area contributed by atoms with E-state index in [1.54, 1.807) is 0 Å². The van der Waals surface area contributed by atoms with Crippen LogP contribution in [0.5, 0.6) is 0 Å². The lowest BCUT2D eigenvalue weighted by Gasteiger charge is -2.19. The van der Waals surface area contributed by atoms with Crippen molar-refractivity contribution in [3.05, 3.63) is 37.5 Å². The van der Waals surface area contributed by atoms with Gasteiger partial charge in [-0.1, -0.05) is 12.2 Å². The van der Waals surface area contributed by atoms with Crippen LogP contribution in [0, 0.1) is 0 Å². The van der Waals surface area contributed by atoms with Gasteiger partial charge < -0.3 is 9.47 Å². The number of esters is 2. The highest BCUT2D eigenvalue weighted by Gasteiger charge is 2.42. The fourth-order valence-corrected chi connectivity index (χ4v) is 1.29. The summed E-state index contributed by atoms with van der Waals surface area (Å²) in [6, 6.07) is 0. The minimum absolute atomic E-state index is 0.242. The van der Waals surface area contributed by atoms with Gasteiger partial charge in [0.25, 0.3) is 0 Å². The van der Waals surface area contributed by atoms with E-state index in [4.69, 9.17) is 0 Å². The van der Waals surface area contributed by atoms with Crippen LogP contribution < -0.4 is 0 Å². The Morgan fingerprint density at radius 2 is 1.08 bits per heavy atom. The molecular weight excluding hydrogens is 346 g/mol. The number of rotatable bonds is 8. The lowest BCUT2D eigenvalue weighted by Crippen LogP contribution is -2.33. The van der Waals surface area contributed by atoms with Gasteiger partial charge in [-0.25, -0.2) is 9.59 Å². The molecule has 10 heteroatoms. The lowest BCUT2D eigenvalue weighted by atomic mass is 10.2. The third-order valence-corrected chi connectivity index (χ3v) is 2.36. The summed E-state index contributed by atoms with van der Waals surface area (Å²) in [6.45, 7) is 6.14. The smallest absolute Gasteiger partial charge is 0.425 e. The van der Waals surface area contributed by atoms with Gasteiger partial charge >= 0.3 is 24.3 Å². The first-order chi connectivity index (χ1) is 10.9. The van der Waals surface area contributed by atoms with Gasteiger partial charge in [-0.2, -0.15) is 26.3 Å². The number of carbonyl (C=O) groups is 2. The summed E-state index contributed by atoms with van der Waals surface area (Å²) < 4.78 is 83.0. The summed E-state index contributed by atoms with van der Waals surface area (Å²) in [4.78, 5) is 22.4. The molecule has 2 atom stereocenters. The van der Waals surface area contributed by atoms with Gasteiger partial charge in [-0.3, -0.25) is 0 Å². The second kappa shape index (κ2) is 9.14. The molecule has 0 saturated carbocycles. The van der Waals surface area contributed by atoms with Crippen LogP contribution in [0.1, 0.15) is 12.8 Å². The molecule has 0 bridgehead atoms. The minimum Gasteiger partial charge on any atom is -0.449 e. The molecule has 136 valence electrons.